The second kappa shape index (κ2) is 5.89. The van der Waals surface area contributed by atoms with Gasteiger partial charge >= 0.3 is 6.18 Å². The van der Waals surface area contributed by atoms with Gasteiger partial charge in [0.15, 0.2) is 6.10 Å². The molecule has 3 heterocycles. The Hall–Kier alpha value is -2.01. The zero-order chi connectivity index (χ0) is 16.6. The van der Waals surface area contributed by atoms with Crippen molar-refractivity contribution in [2.45, 2.75) is 31.2 Å². The van der Waals surface area contributed by atoms with Crippen LogP contribution in [0.15, 0.2) is 17.8 Å². The number of thiophene rings is 1. The van der Waals surface area contributed by atoms with Crippen LogP contribution in [0.4, 0.5) is 13.2 Å². The third-order valence-electron chi connectivity index (χ3n) is 3.69. The average molecular weight is 347 g/mol. The molecule has 2 atom stereocenters. The van der Waals surface area contributed by atoms with E-state index in [0.29, 0.717) is 12.1 Å². The van der Waals surface area contributed by atoms with Gasteiger partial charge in [0.1, 0.15) is 11.2 Å². The molecule has 2 unspecified atom stereocenters. The van der Waals surface area contributed by atoms with E-state index in [2.05, 4.69) is 15.5 Å². The summed E-state index contributed by atoms with van der Waals surface area (Å²) in [5, 5.41) is 21.8. The monoisotopic (exact) mass is 347 g/mol. The van der Waals surface area contributed by atoms with Crippen LogP contribution in [0.3, 0.4) is 0 Å². The number of likely N-dealkylation sites (tertiary alicyclic amines) is 1. The molecule has 3 rings (SSSR count). The van der Waals surface area contributed by atoms with Crippen molar-refractivity contribution < 1.29 is 23.1 Å². The first kappa shape index (κ1) is 15.9. The van der Waals surface area contributed by atoms with Crippen LogP contribution in [0.25, 0.3) is 5.69 Å². The lowest BCUT2D eigenvalue weighted by Gasteiger charge is -2.29. The van der Waals surface area contributed by atoms with E-state index < -0.39 is 24.2 Å². The van der Waals surface area contributed by atoms with Gasteiger partial charge in [-0.25, -0.2) is 0 Å². The van der Waals surface area contributed by atoms with Crippen molar-refractivity contribution in [2.24, 2.45) is 0 Å². The van der Waals surface area contributed by atoms with Crippen molar-refractivity contribution in [1.82, 2.24) is 25.1 Å². The minimum Gasteiger partial charge on any atom is -0.382 e. The first-order valence-corrected chi connectivity index (χ1v) is 7.64. The SMILES string of the molecule is O=C(c1sccc1-n1cnnn1)N1CCCC1C(O)C(F)(F)F. The maximum Gasteiger partial charge on any atom is 0.416 e. The number of alkyl halides is 3. The first-order chi connectivity index (χ1) is 10.9. The highest BCUT2D eigenvalue weighted by atomic mass is 32.1. The first-order valence-electron chi connectivity index (χ1n) is 6.76. The average Bonchev–Trinajstić information content (AvgIpc) is 3.22. The number of halogens is 3. The second-order valence-corrected chi connectivity index (χ2v) is 6.00. The van der Waals surface area contributed by atoms with E-state index in [0.717, 1.165) is 16.2 Å². The minimum atomic E-state index is -4.76. The van der Waals surface area contributed by atoms with Gasteiger partial charge in [-0.3, -0.25) is 4.79 Å². The van der Waals surface area contributed by atoms with E-state index in [-0.39, 0.29) is 17.8 Å². The van der Waals surface area contributed by atoms with E-state index in [4.69, 9.17) is 0 Å². The number of carbonyl (C=O) groups excluding carboxylic acids is 1. The maximum absolute atomic E-state index is 12.8. The van der Waals surface area contributed by atoms with Gasteiger partial charge in [0.2, 0.25) is 0 Å². The maximum atomic E-state index is 12.8. The molecule has 0 bridgehead atoms. The molecule has 0 aromatic carbocycles. The molecule has 0 spiro atoms. The third-order valence-corrected chi connectivity index (χ3v) is 4.59. The van der Waals surface area contributed by atoms with Crippen LogP contribution < -0.4 is 0 Å². The second-order valence-electron chi connectivity index (χ2n) is 5.08. The molecule has 23 heavy (non-hydrogen) atoms. The van der Waals surface area contributed by atoms with Gasteiger partial charge < -0.3 is 10.0 Å². The fourth-order valence-electron chi connectivity index (χ4n) is 2.64. The Morgan fingerprint density at radius 2 is 2.26 bits per heavy atom. The Bertz CT molecular complexity index is 687. The predicted molar refractivity (Wildman–Crippen MR) is 73.2 cm³/mol. The number of aliphatic hydroxyl groups is 1. The van der Waals surface area contributed by atoms with Gasteiger partial charge in [-0.05, 0) is 34.7 Å². The van der Waals surface area contributed by atoms with Gasteiger partial charge in [-0.2, -0.15) is 17.9 Å². The molecule has 0 radical (unpaired) electrons. The van der Waals surface area contributed by atoms with E-state index in [1.807, 2.05) is 0 Å². The summed E-state index contributed by atoms with van der Waals surface area (Å²) in [5.41, 5.74) is 0.400. The Morgan fingerprint density at radius 3 is 2.91 bits per heavy atom. The Labute approximate surface area is 132 Å². The number of tetrazole rings is 1. The highest BCUT2D eigenvalue weighted by molar-refractivity contribution is 7.12. The Balaban J connectivity index is 1.87. The Morgan fingerprint density at radius 1 is 1.48 bits per heavy atom. The number of hydrogen-bond donors (Lipinski definition) is 1. The molecule has 1 amide bonds. The van der Waals surface area contributed by atoms with E-state index in [9.17, 15) is 23.1 Å². The molecule has 0 saturated carbocycles. The van der Waals surface area contributed by atoms with Crippen LogP contribution in [0.2, 0.25) is 0 Å². The highest BCUT2D eigenvalue weighted by Crippen LogP contribution is 2.33. The quantitative estimate of drug-likeness (QED) is 0.903. The highest BCUT2D eigenvalue weighted by Gasteiger charge is 2.48. The number of aliphatic hydroxyl groups excluding tert-OH is 1. The molecule has 1 fully saturated rings. The topological polar surface area (TPSA) is 84.1 Å². The zero-order valence-electron chi connectivity index (χ0n) is 11.6. The fraction of sp³-hybridized carbons (Fsp3) is 0.500. The lowest BCUT2D eigenvalue weighted by atomic mass is 10.1. The number of nitrogens with zero attached hydrogens (tertiary/aromatic N) is 5. The van der Waals surface area contributed by atoms with Crippen LogP contribution in [0.1, 0.15) is 22.5 Å². The third kappa shape index (κ3) is 2.93. The van der Waals surface area contributed by atoms with Gasteiger partial charge in [0, 0.05) is 6.54 Å². The van der Waals surface area contributed by atoms with Crippen molar-refractivity contribution in [3.8, 4) is 5.69 Å². The minimum absolute atomic E-state index is 0.109. The number of rotatable bonds is 3. The van der Waals surface area contributed by atoms with Crippen LogP contribution in [-0.4, -0.2) is 61.0 Å². The van der Waals surface area contributed by atoms with Crippen LogP contribution >= 0.6 is 11.3 Å². The number of amides is 1. The molecule has 2 aromatic rings. The Kier molecular flexibility index (Phi) is 4.06. The number of aromatic nitrogens is 4. The lowest BCUT2D eigenvalue weighted by Crippen LogP contribution is -2.49. The molecule has 1 aliphatic rings. The summed E-state index contributed by atoms with van der Waals surface area (Å²) < 4.78 is 39.6. The summed E-state index contributed by atoms with van der Waals surface area (Å²) in [6, 6.07) is 0.339. The van der Waals surface area contributed by atoms with Crippen LogP contribution in [-0.2, 0) is 0 Å². The summed E-state index contributed by atoms with van der Waals surface area (Å²) in [5.74, 6) is -0.559. The van der Waals surface area contributed by atoms with Gasteiger partial charge in [0.25, 0.3) is 5.91 Å². The van der Waals surface area contributed by atoms with Crippen LogP contribution in [0, 0.1) is 0 Å². The number of hydrogen-bond acceptors (Lipinski definition) is 6. The molecule has 11 heteroatoms. The largest absolute Gasteiger partial charge is 0.416 e. The molecular weight excluding hydrogens is 335 g/mol. The molecule has 1 aliphatic heterocycles. The van der Waals surface area contributed by atoms with E-state index in [1.54, 1.807) is 11.4 Å². The summed E-state index contributed by atoms with van der Waals surface area (Å²) >= 11 is 1.09. The van der Waals surface area contributed by atoms with Crippen molar-refractivity contribution in [1.29, 1.82) is 0 Å². The van der Waals surface area contributed by atoms with Crippen molar-refractivity contribution in [3.05, 3.63) is 22.7 Å². The summed E-state index contributed by atoms with van der Waals surface area (Å²) in [6.45, 7) is 0.170. The fourth-order valence-corrected chi connectivity index (χ4v) is 3.47. The molecule has 1 N–H and O–H groups in total. The standard InChI is InChI=1S/C12H12F3N5O2S/c13-12(14,15)10(21)8-2-1-4-19(8)11(22)9-7(3-5-23-9)20-6-16-17-18-20/h3,5-6,8,10,21H,1-2,4H2. The van der Waals surface area contributed by atoms with Crippen molar-refractivity contribution in [3.63, 3.8) is 0 Å². The summed E-state index contributed by atoms with van der Waals surface area (Å²) in [4.78, 5) is 14.0. The van der Waals surface area contributed by atoms with E-state index >= 15 is 0 Å². The van der Waals surface area contributed by atoms with Gasteiger partial charge in [-0.15, -0.1) is 16.4 Å². The molecule has 1 saturated heterocycles. The molecule has 2 aromatic heterocycles. The van der Waals surface area contributed by atoms with E-state index in [1.165, 1.54) is 11.0 Å². The van der Waals surface area contributed by atoms with Crippen molar-refractivity contribution >= 4 is 17.2 Å². The van der Waals surface area contributed by atoms with Gasteiger partial charge in [0.05, 0.1) is 11.7 Å². The lowest BCUT2D eigenvalue weighted by molar-refractivity contribution is -0.216. The normalized spacial score (nSPS) is 20.0. The predicted octanol–water partition coefficient (Wildman–Crippen LogP) is 1.25. The molecule has 124 valence electrons. The van der Waals surface area contributed by atoms with Crippen molar-refractivity contribution in [2.75, 3.05) is 6.54 Å². The molecule has 0 aliphatic carbocycles. The smallest absolute Gasteiger partial charge is 0.382 e. The zero-order valence-corrected chi connectivity index (χ0v) is 12.5. The molecular formula is C12H12F3N5O2S. The number of carbonyl (C=O) groups is 1. The molecule has 7 nitrogen and oxygen atoms in total. The summed E-state index contributed by atoms with van der Waals surface area (Å²) in [6.07, 6.45) is -5.50. The van der Waals surface area contributed by atoms with Gasteiger partial charge in [-0.1, -0.05) is 0 Å². The summed E-state index contributed by atoms with van der Waals surface area (Å²) in [7, 11) is 0. The van der Waals surface area contributed by atoms with Crippen LogP contribution in [0.5, 0.6) is 0 Å².